The highest BCUT2D eigenvalue weighted by molar-refractivity contribution is 5.54. The van der Waals surface area contributed by atoms with Crippen molar-refractivity contribution < 1.29 is 0 Å². The predicted octanol–water partition coefficient (Wildman–Crippen LogP) is 2.49. The van der Waals surface area contributed by atoms with Gasteiger partial charge in [-0.1, -0.05) is 19.1 Å². The van der Waals surface area contributed by atoms with Crippen molar-refractivity contribution in [2.75, 3.05) is 45.2 Å². The molecular weight excluding hydrogens is 246 g/mol. The normalized spacial score (nSPS) is 19.5. The maximum absolute atomic E-state index is 3.38. The van der Waals surface area contributed by atoms with Gasteiger partial charge < -0.3 is 15.1 Å². The average molecular weight is 275 g/mol. The first-order valence-electron chi connectivity index (χ1n) is 7.80. The fraction of sp³-hybridized carbons (Fsp3) is 0.647. The van der Waals surface area contributed by atoms with Crippen molar-refractivity contribution in [1.29, 1.82) is 0 Å². The number of anilines is 1. The standard InChI is InChI=1S/C17H29N3/c1-5-18-11-15-6-7-17(14(2)10-15)20(4)13-16-8-9-19(3)12-16/h6-7,10,16,18H,5,8-9,11-13H2,1-4H3. The molecule has 0 saturated carbocycles. The lowest BCUT2D eigenvalue weighted by molar-refractivity contribution is 0.396. The Hall–Kier alpha value is -1.06. The molecule has 1 aromatic carbocycles. The topological polar surface area (TPSA) is 18.5 Å². The van der Waals surface area contributed by atoms with Crippen LogP contribution in [0.1, 0.15) is 24.5 Å². The van der Waals surface area contributed by atoms with Crippen LogP contribution in [0, 0.1) is 12.8 Å². The Labute approximate surface area is 124 Å². The summed E-state index contributed by atoms with van der Waals surface area (Å²) in [6.45, 7) is 10.0. The molecular formula is C17H29N3. The summed E-state index contributed by atoms with van der Waals surface area (Å²) in [5.41, 5.74) is 4.14. The van der Waals surface area contributed by atoms with Gasteiger partial charge in [0.05, 0.1) is 0 Å². The van der Waals surface area contributed by atoms with E-state index in [2.05, 4.69) is 61.3 Å². The van der Waals surface area contributed by atoms with Crippen LogP contribution in [0.3, 0.4) is 0 Å². The summed E-state index contributed by atoms with van der Waals surface area (Å²) >= 11 is 0. The van der Waals surface area contributed by atoms with E-state index in [1.807, 2.05) is 0 Å². The molecule has 1 aliphatic rings. The molecule has 0 radical (unpaired) electrons. The Morgan fingerprint density at radius 2 is 2.20 bits per heavy atom. The second-order valence-electron chi connectivity index (χ2n) is 6.20. The van der Waals surface area contributed by atoms with Gasteiger partial charge in [0.2, 0.25) is 0 Å². The van der Waals surface area contributed by atoms with E-state index in [9.17, 15) is 0 Å². The lowest BCUT2D eigenvalue weighted by Crippen LogP contribution is -2.27. The number of aryl methyl sites for hydroxylation is 1. The van der Waals surface area contributed by atoms with Crippen LogP contribution < -0.4 is 10.2 Å². The Morgan fingerprint density at radius 1 is 1.40 bits per heavy atom. The van der Waals surface area contributed by atoms with Gasteiger partial charge in [0.1, 0.15) is 0 Å². The van der Waals surface area contributed by atoms with Gasteiger partial charge in [-0.2, -0.15) is 0 Å². The number of likely N-dealkylation sites (tertiary alicyclic amines) is 1. The van der Waals surface area contributed by atoms with E-state index in [0.717, 1.165) is 25.6 Å². The third-order valence-corrected chi connectivity index (χ3v) is 4.27. The zero-order valence-corrected chi connectivity index (χ0v) is 13.4. The quantitative estimate of drug-likeness (QED) is 0.860. The van der Waals surface area contributed by atoms with Crippen LogP contribution in [-0.2, 0) is 6.54 Å². The Kier molecular flexibility index (Phi) is 5.44. The Bertz CT molecular complexity index is 430. The molecule has 3 nitrogen and oxygen atoms in total. The van der Waals surface area contributed by atoms with Crippen molar-refractivity contribution in [3.63, 3.8) is 0 Å². The van der Waals surface area contributed by atoms with Crippen LogP contribution >= 0.6 is 0 Å². The molecule has 2 rings (SSSR count). The summed E-state index contributed by atoms with van der Waals surface area (Å²) in [4.78, 5) is 4.86. The molecule has 1 unspecified atom stereocenters. The molecule has 1 fully saturated rings. The summed E-state index contributed by atoms with van der Waals surface area (Å²) in [5, 5.41) is 3.38. The third-order valence-electron chi connectivity index (χ3n) is 4.27. The SMILES string of the molecule is CCNCc1ccc(N(C)CC2CCN(C)C2)c(C)c1. The second-order valence-corrected chi connectivity index (χ2v) is 6.20. The monoisotopic (exact) mass is 275 g/mol. The number of rotatable bonds is 6. The average Bonchev–Trinajstić information content (AvgIpc) is 2.81. The van der Waals surface area contributed by atoms with Crippen LogP contribution in [0.15, 0.2) is 18.2 Å². The molecule has 1 heterocycles. The van der Waals surface area contributed by atoms with E-state index >= 15 is 0 Å². The van der Waals surface area contributed by atoms with E-state index in [-0.39, 0.29) is 0 Å². The zero-order chi connectivity index (χ0) is 14.5. The van der Waals surface area contributed by atoms with Crippen molar-refractivity contribution in [1.82, 2.24) is 10.2 Å². The minimum Gasteiger partial charge on any atom is -0.374 e. The smallest absolute Gasteiger partial charge is 0.0393 e. The van der Waals surface area contributed by atoms with Gasteiger partial charge >= 0.3 is 0 Å². The molecule has 0 spiro atoms. The number of hydrogen-bond acceptors (Lipinski definition) is 3. The highest BCUT2D eigenvalue weighted by Gasteiger charge is 2.21. The molecule has 3 heteroatoms. The van der Waals surface area contributed by atoms with Crippen LogP contribution in [0.25, 0.3) is 0 Å². The van der Waals surface area contributed by atoms with Gasteiger partial charge in [-0.05, 0) is 56.6 Å². The van der Waals surface area contributed by atoms with E-state index in [1.54, 1.807) is 0 Å². The molecule has 20 heavy (non-hydrogen) atoms. The molecule has 1 atom stereocenters. The van der Waals surface area contributed by atoms with Gasteiger partial charge in [0.15, 0.2) is 0 Å². The zero-order valence-electron chi connectivity index (χ0n) is 13.4. The summed E-state index contributed by atoms with van der Waals surface area (Å²) in [5.74, 6) is 0.811. The fourth-order valence-corrected chi connectivity index (χ4v) is 3.19. The molecule has 0 amide bonds. The highest BCUT2D eigenvalue weighted by atomic mass is 15.2. The minimum atomic E-state index is 0.811. The van der Waals surface area contributed by atoms with E-state index in [0.29, 0.717) is 0 Å². The first-order chi connectivity index (χ1) is 9.60. The van der Waals surface area contributed by atoms with Crippen molar-refractivity contribution >= 4 is 5.69 Å². The van der Waals surface area contributed by atoms with Crippen molar-refractivity contribution in [3.05, 3.63) is 29.3 Å². The van der Waals surface area contributed by atoms with Crippen molar-refractivity contribution in [2.45, 2.75) is 26.8 Å². The lowest BCUT2D eigenvalue weighted by Gasteiger charge is -2.25. The number of hydrogen-bond donors (Lipinski definition) is 1. The molecule has 1 aliphatic heterocycles. The molecule has 0 aromatic heterocycles. The molecule has 1 saturated heterocycles. The first kappa shape index (κ1) is 15.3. The predicted molar refractivity (Wildman–Crippen MR) is 87.4 cm³/mol. The van der Waals surface area contributed by atoms with Crippen LogP contribution in [-0.4, -0.2) is 45.2 Å². The number of benzene rings is 1. The highest BCUT2D eigenvalue weighted by Crippen LogP contribution is 2.23. The van der Waals surface area contributed by atoms with Gasteiger partial charge in [-0.15, -0.1) is 0 Å². The first-order valence-corrected chi connectivity index (χ1v) is 7.80. The lowest BCUT2D eigenvalue weighted by atomic mass is 10.1. The summed E-state index contributed by atoms with van der Waals surface area (Å²) in [7, 11) is 4.45. The van der Waals surface area contributed by atoms with E-state index in [4.69, 9.17) is 0 Å². The van der Waals surface area contributed by atoms with Crippen LogP contribution in [0.4, 0.5) is 5.69 Å². The van der Waals surface area contributed by atoms with Crippen LogP contribution in [0.5, 0.6) is 0 Å². The fourth-order valence-electron chi connectivity index (χ4n) is 3.19. The Morgan fingerprint density at radius 3 is 2.80 bits per heavy atom. The second kappa shape index (κ2) is 7.09. The maximum Gasteiger partial charge on any atom is 0.0393 e. The largest absolute Gasteiger partial charge is 0.374 e. The molecule has 112 valence electrons. The van der Waals surface area contributed by atoms with E-state index in [1.165, 1.54) is 36.3 Å². The van der Waals surface area contributed by atoms with Gasteiger partial charge in [0, 0.05) is 32.4 Å². The number of nitrogens with one attached hydrogen (secondary N) is 1. The summed E-state index contributed by atoms with van der Waals surface area (Å²) < 4.78 is 0. The Balaban J connectivity index is 1.97. The van der Waals surface area contributed by atoms with Crippen LogP contribution in [0.2, 0.25) is 0 Å². The third kappa shape index (κ3) is 3.97. The summed E-state index contributed by atoms with van der Waals surface area (Å²) in [6, 6.07) is 6.85. The van der Waals surface area contributed by atoms with Gasteiger partial charge in [-0.3, -0.25) is 0 Å². The molecule has 1 N–H and O–H groups in total. The molecule has 0 bridgehead atoms. The number of nitrogens with zero attached hydrogens (tertiary/aromatic N) is 2. The van der Waals surface area contributed by atoms with E-state index < -0.39 is 0 Å². The van der Waals surface area contributed by atoms with Gasteiger partial charge in [0.25, 0.3) is 0 Å². The molecule has 1 aromatic rings. The van der Waals surface area contributed by atoms with Crippen molar-refractivity contribution in [2.24, 2.45) is 5.92 Å². The van der Waals surface area contributed by atoms with Crippen molar-refractivity contribution in [3.8, 4) is 0 Å². The minimum absolute atomic E-state index is 0.811. The van der Waals surface area contributed by atoms with Gasteiger partial charge in [-0.25, -0.2) is 0 Å². The summed E-state index contributed by atoms with van der Waals surface area (Å²) in [6.07, 6.45) is 1.33. The molecule has 0 aliphatic carbocycles. The maximum atomic E-state index is 3.38.